The van der Waals surface area contributed by atoms with Crippen molar-refractivity contribution >= 4 is 0 Å². The van der Waals surface area contributed by atoms with E-state index in [4.69, 9.17) is 4.74 Å². The van der Waals surface area contributed by atoms with E-state index in [1.54, 1.807) is 0 Å². The largest absolute Gasteiger partial charge is 0.369 e. The van der Waals surface area contributed by atoms with Gasteiger partial charge in [-0.05, 0) is 54.0 Å². The van der Waals surface area contributed by atoms with Gasteiger partial charge >= 0.3 is 0 Å². The Balaban J connectivity index is 2.34. The molecule has 0 spiro atoms. The van der Waals surface area contributed by atoms with E-state index in [1.807, 2.05) is 17.9 Å². The van der Waals surface area contributed by atoms with Gasteiger partial charge in [0.15, 0.2) is 0 Å². The second kappa shape index (κ2) is 5.73. The summed E-state index contributed by atoms with van der Waals surface area (Å²) in [5.41, 5.74) is 2.36. The van der Waals surface area contributed by atoms with Crippen molar-refractivity contribution < 1.29 is 4.74 Å². The molecular formula is C17H31N3O. The van der Waals surface area contributed by atoms with Gasteiger partial charge in [-0.25, -0.2) is 0 Å². The molecule has 2 heterocycles. The minimum atomic E-state index is -0.128. The molecule has 2 unspecified atom stereocenters. The van der Waals surface area contributed by atoms with Crippen LogP contribution in [0, 0.1) is 12.8 Å². The topological polar surface area (TPSA) is 39.1 Å². The lowest BCUT2D eigenvalue weighted by Gasteiger charge is -2.33. The predicted octanol–water partition coefficient (Wildman–Crippen LogP) is 3.36. The highest BCUT2D eigenvalue weighted by atomic mass is 16.5. The number of hydrogen-bond donors (Lipinski definition) is 1. The number of rotatable bonds is 5. The van der Waals surface area contributed by atoms with Crippen LogP contribution >= 0.6 is 0 Å². The van der Waals surface area contributed by atoms with E-state index < -0.39 is 0 Å². The molecule has 1 saturated heterocycles. The fourth-order valence-electron chi connectivity index (χ4n) is 3.71. The van der Waals surface area contributed by atoms with Crippen LogP contribution in [0.15, 0.2) is 6.20 Å². The van der Waals surface area contributed by atoms with Gasteiger partial charge < -0.3 is 10.1 Å². The molecule has 1 fully saturated rings. The van der Waals surface area contributed by atoms with Crippen LogP contribution in [0.5, 0.6) is 0 Å². The normalized spacial score (nSPS) is 25.2. The van der Waals surface area contributed by atoms with Crippen molar-refractivity contribution in [2.75, 3.05) is 6.54 Å². The highest BCUT2D eigenvalue weighted by molar-refractivity contribution is 5.23. The SMILES string of the molecule is CCCNC(c1cnn(C)c1C)C1CC(C)(C)OC1(C)C. The van der Waals surface area contributed by atoms with Crippen LogP contribution in [0.1, 0.15) is 64.8 Å². The molecule has 2 rings (SSSR count). The first-order valence-electron chi connectivity index (χ1n) is 8.10. The molecular weight excluding hydrogens is 262 g/mol. The van der Waals surface area contributed by atoms with E-state index in [0.29, 0.717) is 12.0 Å². The Morgan fingerprint density at radius 1 is 1.43 bits per heavy atom. The summed E-state index contributed by atoms with van der Waals surface area (Å²) in [6.07, 6.45) is 4.22. The van der Waals surface area contributed by atoms with E-state index in [2.05, 4.69) is 52.0 Å². The fourth-order valence-corrected chi connectivity index (χ4v) is 3.71. The lowest BCUT2D eigenvalue weighted by atomic mass is 9.79. The Hall–Kier alpha value is -0.870. The van der Waals surface area contributed by atoms with Crippen LogP contribution in [0.2, 0.25) is 0 Å². The zero-order chi connectivity index (χ0) is 15.8. The van der Waals surface area contributed by atoms with Crippen molar-refractivity contribution in [3.63, 3.8) is 0 Å². The maximum Gasteiger partial charge on any atom is 0.0681 e. The molecule has 0 aliphatic carbocycles. The van der Waals surface area contributed by atoms with E-state index in [0.717, 1.165) is 19.4 Å². The predicted molar refractivity (Wildman–Crippen MR) is 86.3 cm³/mol. The number of aryl methyl sites for hydroxylation is 1. The molecule has 0 radical (unpaired) electrons. The zero-order valence-corrected chi connectivity index (χ0v) is 14.7. The number of hydrogen-bond acceptors (Lipinski definition) is 3. The quantitative estimate of drug-likeness (QED) is 0.904. The summed E-state index contributed by atoms with van der Waals surface area (Å²) >= 11 is 0. The second-order valence-corrected chi connectivity index (χ2v) is 7.52. The van der Waals surface area contributed by atoms with Crippen molar-refractivity contribution in [1.29, 1.82) is 0 Å². The maximum absolute atomic E-state index is 6.31. The highest BCUT2D eigenvalue weighted by Crippen LogP contribution is 2.48. The lowest BCUT2D eigenvalue weighted by molar-refractivity contribution is -0.0778. The standard InChI is InChI=1S/C17H31N3O/c1-8-9-18-15(13-11-19-20(7)12(13)2)14-10-16(3,4)21-17(14,5)6/h11,14-15,18H,8-10H2,1-7H3. The fraction of sp³-hybridized carbons (Fsp3) is 0.824. The van der Waals surface area contributed by atoms with Crippen LogP contribution in [0.25, 0.3) is 0 Å². The summed E-state index contributed by atoms with van der Waals surface area (Å²) < 4.78 is 8.27. The molecule has 4 nitrogen and oxygen atoms in total. The molecule has 4 heteroatoms. The first kappa shape index (κ1) is 16.5. The summed E-state index contributed by atoms with van der Waals surface area (Å²) in [6, 6.07) is 0.301. The average molecular weight is 293 g/mol. The summed E-state index contributed by atoms with van der Waals surface area (Å²) in [7, 11) is 2.01. The van der Waals surface area contributed by atoms with Gasteiger partial charge in [0.1, 0.15) is 0 Å². The molecule has 1 aliphatic heterocycles. The Morgan fingerprint density at radius 3 is 2.52 bits per heavy atom. The van der Waals surface area contributed by atoms with E-state index >= 15 is 0 Å². The number of nitrogens with zero attached hydrogens (tertiary/aromatic N) is 2. The first-order chi connectivity index (χ1) is 9.68. The van der Waals surface area contributed by atoms with Crippen molar-refractivity contribution in [3.8, 4) is 0 Å². The second-order valence-electron chi connectivity index (χ2n) is 7.52. The van der Waals surface area contributed by atoms with Crippen molar-refractivity contribution in [3.05, 3.63) is 17.5 Å². The molecule has 0 saturated carbocycles. The third-order valence-electron chi connectivity index (χ3n) is 4.77. The van der Waals surface area contributed by atoms with Crippen LogP contribution in [0.3, 0.4) is 0 Å². The monoisotopic (exact) mass is 293 g/mol. The highest BCUT2D eigenvalue weighted by Gasteiger charge is 2.49. The van der Waals surface area contributed by atoms with Gasteiger partial charge in [0.25, 0.3) is 0 Å². The molecule has 0 bridgehead atoms. The Morgan fingerprint density at radius 2 is 2.10 bits per heavy atom. The number of nitrogens with one attached hydrogen (secondary N) is 1. The molecule has 0 amide bonds. The third-order valence-corrected chi connectivity index (χ3v) is 4.77. The molecule has 21 heavy (non-hydrogen) atoms. The van der Waals surface area contributed by atoms with Gasteiger partial charge in [0, 0.05) is 30.3 Å². The Labute approximate surface area is 129 Å². The number of aromatic nitrogens is 2. The van der Waals surface area contributed by atoms with E-state index in [1.165, 1.54) is 11.3 Å². The van der Waals surface area contributed by atoms with Gasteiger partial charge in [0.2, 0.25) is 0 Å². The Kier molecular flexibility index (Phi) is 4.50. The van der Waals surface area contributed by atoms with Gasteiger partial charge in [-0.1, -0.05) is 6.92 Å². The molecule has 1 aromatic heterocycles. The van der Waals surface area contributed by atoms with Crippen LogP contribution in [0.4, 0.5) is 0 Å². The lowest BCUT2D eigenvalue weighted by Crippen LogP contribution is -2.39. The van der Waals surface area contributed by atoms with Gasteiger partial charge in [-0.3, -0.25) is 4.68 Å². The summed E-state index contributed by atoms with van der Waals surface area (Å²) in [4.78, 5) is 0. The van der Waals surface area contributed by atoms with Gasteiger partial charge in [-0.15, -0.1) is 0 Å². The molecule has 2 atom stereocenters. The number of ether oxygens (including phenoxy) is 1. The zero-order valence-electron chi connectivity index (χ0n) is 14.7. The third kappa shape index (κ3) is 3.32. The smallest absolute Gasteiger partial charge is 0.0681 e. The van der Waals surface area contributed by atoms with Crippen LogP contribution in [-0.2, 0) is 11.8 Å². The van der Waals surface area contributed by atoms with E-state index in [-0.39, 0.29) is 11.2 Å². The average Bonchev–Trinajstić information content (AvgIpc) is 2.79. The van der Waals surface area contributed by atoms with Crippen molar-refractivity contribution in [2.45, 2.75) is 71.6 Å². The summed E-state index contributed by atoms with van der Waals surface area (Å²) in [6.45, 7) is 14.2. The van der Waals surface area contributed by atoms with Crippen molar-refractivity contribution in [1.82, 2.24) is 15.1 Å². The maximum atomic E-state index is 6.31. The summed E-state index contributed by atoms with van der Waals surface area (Å²) in [5, 5.41) is 8.18. The molecule has 1 aliphatic rings. The van der Waals surface area contributed by atoms with Crippen LogP contribution < -0.4 is 5.32 Å². The molecule has 1 N–H and O–H groups in total. The van der Waals surface area contributed by atoms with Crippen LogP contribution in [-0.4, -0.2) is 27.5 Å². The summed E-state index contributed by atoms with van der Waals surface area (Å²) in [5.74, 6) is 0.446. The minimum absolute atomic E-state index is 0.0591. The van der Waals surface area contributed by atoms with E-state index in [9.17, 15) is 0 Å². The Bertz CT molecular complexity index is 490. The minimum Gasteiger partial charge on any atom is -0.369 e. The molecule has 1 aromatic rings. The first-order valence-corrected chi connectivity index (χ1v) is 8.10. The van der Waals surface area contributed by atoms with Gasteiger partial charge in [-0.2, -0.15) is 5.10 Å². The van der Waals surface area contributed by atoms with Crippen molar-refractivity contribution in [2.24, 2.45) is 13.0 Å². The van der Waals surface area contributed by atoms with Gasteiger partial charge in [0.05, 0.1) is 17.4 Å². The molecule has 120 valence electrons. The molecule has 0 aromatic carbocycles.